The minimum Gasteiger partial charge on any atom is -0.358 e. The smallest absolute Gasteiger partial charge is 0.358 e. The van der Waals surface area contributed by atoms with E-state index in [0.29, 0.717) is 16.5 Å². The molecule has 4 rings (SSSR count). The van der Waals surface area contributed by atoms with Crippen molar-refractivity contribution in [3.05, 3.63) is 56.9 Å². The highest BCUT2D eigenvalue weighted by Crippen LogP contribution is 2.28. The minimum atomic E-state index is -0.446. The monoisotopic (exact) mass is 348 g/mol. The zero-order valence-corrected chi connectivity index (χ0v) is 13.1. The molecule has 0 unspecified atom stereocenters. The maximum Gasteiger partial charge on any atom is 0.372 e. The number of halogens is 1. The fraction of sp³-hybridized carbons (Fsp3) is 0.0769. The van der Waals surface area contributed by atoms with Crippen LogP contribution in [0.3, 0.4) is 0 Å². The fourth-order valence-electron chi connectivity index (χ4n) is 2.34. The Bertz CT molecular complexity index is 1040. The van der Waals surface area contributed by atoms with Crippen molar-refractivity contribution in [3.8, 4) is 0 Å². The molecular formula is C13H9ClN6O2S. The molecule has 8 nitrogen and oxygen atoms in total. The molecule has 0 aromatic carbocycles. The van der Waals surface area contributed by atoms with Crippen molar-refractivity contribution in [1.82, 2.24) is 18.8 Å². The van der Waals surface area contributed by atoms with Gasteiger partial charge in [0, 0.05) is 17.8 Å². The van der Waals surface area contributed by atoms with E-state index < -0.39 is 4.92 Å². The van der Waals surface area contributed by atoms with Crippen LogP contribution in [0.5, 0.6) is 0 Å². The lowest BCUT2D eigenvalue weighted by Gasteiger charge is -2.00. The molecule has 0 fully saturated rings. The van der Waals surface area contributed by atoms with Crippen LogP contribution in [0.4, 0.5) is 11.6 Å². The first-order valence-electron chi connectivity index (χ1n) is 6.59. The van der Waals surface area contributed by atoms with E-state index in [2.05, 4.69) is 15.3 Å². The van der Waals surface area contributed by atoms with Gasteiger partial charge in [0.05, 0.1) is 17.3 Å². The number of nitro groups is 1. The second kappa shape index (κ2) is 5.21. The van der Waals surface area contributed by atoms with Gasteiger partial charge in [-0.2, -0.15) is 9.38 Å². The van der Waals surface area contributed by atoms with Crippen LogP contribution in [-0.4, -0.2) is 23.7 Å². The molecule has 4 heterocycles. The normalized spacial score (nSPS) is 11.3. The number of rotatable bonds is 4. The molecule has 10 heteroatoms. The van der Waals surface area contributed by atoms with E-state index in [-0.39, 0.29) is 11.6 Å². The Morgan fingerprint density at radius 3 is 3.04 bits per heavy atom. The molecule has 0 atom stereocenters. The molecule has 0 bridgehead atoms. The summed E-state index contributed by atoms with van der Waals surface area (Å²) in [6, 6.07) is 3.57. The molecule has 0 radical (unpaired) electrons. The van der Waals surface area contributed by atoms with Crippen LogP contribution < -0.4 is 5.32 Å². The lowest BCUT2D eigenvalue weighted by Crippen LogP contribution is -2.03. The van der Waals surface area contributed by atoms with E-state index in [0.717, 1.165) is 11.3 Å². The summed E-state index contributed by atoms with van der Waals surface area (Å²) in [6.45, 7) is 0.324. The maximum atomic E-state index is 11.3. The molecule has 0 aliphatic carbocycles. The van der Waals surface area contributed by atoms with Crippen molar-refractivity contribution in [1.29, 1.82) is 0 Å². The molecule has 1 N–H and O–H groups in total. The number of aromatic nitrogens is 4. The summed E-state index contributed by atoms with van der Waals surface area (Å²) in [5.74, 6) is 0.157. The van der Waals surface area contributed by atoms with Gasteiger partial charge < -0.3 is 19.8 Å². The summed E-state index contributed by atoms with van der Waals surface area (Å²) >= 11 is 7.28. The maximum absolute atomic E-state index is 11.3. The number of anilines is 1. The van der Waals surface area contributed by atoms with Gasteiger partial charge in [-0.15, -0.1) is 0 Å². The summed E-state index contributed by atoms with van der Waals surface area (Å²) in [4.78, 5) is 20.1. The van der Waals surface area contributed by atoms with E-state index in [1.54, 1.807) is 34.3 Å². The van der Waals surface area contributed by atoms with Crippen LogP contribution >= 0.6 is 22.9 Å². The molecule has 0 saturated carbocycles. The SMILES string of the molecule is O=[N+]([O-])c1c(NCc2cn3cc(Cl)ccc3n2)nc2sccn12. The first-order valence-corrected chi connectivity index (χ1v) is 7.84. The van der Waals surface area contributed by atoms with Crippen LogP contribution in [0.25, 0.3) is 10.6 Å². The van der Waals surface area contributed by atoms with Crippen molar-refractivity contribution in [2.24, 2.45) is 0 Å². The van der Waals surface area contributed by atoms with Crippen LogP contribution in [0, 0.1) is 10.1 Å². The summed E-state index contributed by atoms with van der Waals surface area (Å²) in [5, 5.41) is 16.6. The Hall–Kier alpha value is -2.65. The predicted octanol–water partition coefficient (Wildman–Crippen LogP) is 3.22. The van der Waals surface area contributed by atoms with E-state index in [1.807, 2.05) is 6.20 Å². The third kappa shape index (κ3) is 2.39. The van der Waals surface area contributed by atoms with Gasteiger partial charge in [0.1, 0.15) is 11.8 Å². The average molecular weight is 349 g/mol. The first-order chi connectivity index (χ1) is 11.1. The van der Waals surface area contributed by atoms with Gasteiger partial charge in [0.2, 0.25) is 5.82 Å². The van der Waals surface area contributed by atoms with Gasteiger partial charge in [-0.3, -0.25) is 0 Å². The molecule has 4 aromatic rings. The molecular weight excluding hydrogens is 340 g/mol. The Kier molecular flexibility index (Phi) is 3.17. The Balaban J connectivity index is 1.64. The van der Waals surface area contributed by atoms with Gasteiger partial charge in [0.25, 0.3) is 4.96 Å². The van der Waals surface area contributed by atoms with Crippen molar-refractivity contribution < 1.29 is 4.92 Å². The lowest BCUT2D eigenvalue weighted by molar-refractivity contribution is -0.389. The Labute approximate surface area is 138 Å². The van der Waals surface area contributed by atoms with Gasteiger partial charge in [-0.25, -0.2) is 4.98 Å². The third-order valence-corrected chi connectivity index (χ3v) is 4.29. The van der Waals surface area contributed by atoms with Gasteiger partial charge in [-0.05, 0) is 17.1 Å². The van der Waals surface area contributed by atoms with E-state index >= 15 is 0 Å². The third-order valence-electron chi connectivity index (χ3n) is 3.31. The van der Waals surface area contributed by atoms with Crippen LogP contribution in [0.15, 0.2) is 36.1 Å². The number of nitrogens with one attached hydrogen (secondary N) is 1. The number of imidazole rings is 2. The molecule has 0 saturated heterocycles. The number of fused-ring (bicyclic) bond motifs is 2. The largest absolute Gasteiger partial charge is 0.372 e. The average Bonchev–Trinajstić information content (AvgIpc) is 3.16. The molecule has 116 valence electrons. The summed E-state index contributed by atoms with van der Waals surface area (Å²) in [5.41, 5.74) is 1.49. The number of hydrogen-bond acceptors (Lipinski definition) is 6. The lowest BCUT2D eigenvalue weighted by atomic mass is 10.4. The molecule has 0 aliphatic rings. The Morgan fingerprint density at radius 1 is 1.35 bits per heavy atom. The quantitative estimate of drug-likeness (QED) is 0.451. The first kappa shape index (κ1) is 14.0. The molecule has 0 aliphatic heterocycles. The number of nitrogens with zero attached hydrogens (tertiary/aromatic N) is 5. The van der Waals surface area contributed by atoms with Crippen LogP contribution in [-0.2, 0) is 6.54 Å². The summed E-state index contributed by atoms with van der Waals surface area (Å²) < 4.78 is 3.26. The van der Waals surface area contributed by atoms with E-state index in [9.17, 15) is 10.1 Å². The van der Waals surface area contributed by atoms with Gasteiger partial charge in [-0.1, -0.05) is 22.9 Å². The highest BCUT2D eigenvalue weighted by Gasteiger charge is 2.23. The fourth-order valence-corrected chi connectivity index (χ4v) is 3.22. The highest BCUT2D eigenvalue weighted by molar-refractivity contribution is 7.15. The molecule has 4 aromatic heterocycles. The van der Waals surface area contributed by atoms with Crippen molar-refractivity contribution >= 4 is 45.2 Å². The van der Waals surface area contributed by atoms with Crippen molar-refractivity contribution in [2.75, 3.05) is 5.32 Å². The van der Waals surface area contributed by atoms with Crippen molar-refractivity contribution in [3.63, 3.8) is 0 Å². The molecule has 23 heavy (non-hydrogen) atoms. The topological polar surface area (TPSA) is 89.8 Å². The van der Waals surface area contributed by atoms with Gasteiger partial charge >= 0.3 is 5.82 Å². The number of hydrogen-bond donors (Lipinski definition) is 1. The van der Waals surface area contributed by atoms with E-state index in [1.165, 1.54) is 15.7 Å². The van der Waals surface area contributed by atoms with E-state index in [4.69, 9.17) is 11.6 Å². The molecule has 0 spiro atoms. The van der Waals surface area contributed by atoms with Crippen LogP contribution in [0.2, 0.25) is 5.02 Å². The highest BCUT2D eigenvalue weighted by atomic mass is 35.5. The molecule has 0 amide bonds. The standard InChI is InChI=1S/C13H9ClN6O2S/c14-8-1-2-10-16-9(7-18(10)6-8)5-15-11-12(20(21)22)19-3-4-23-13(19)17-11/h1-4,6-7,15H,5H2. The Morgan fingerprint density at radius 2 is 2.22 bits per heavy atom. The summed E-state index contributed by atoms with van der Waals surface area (Å²) in [6.07, 6.45) is 5.20. The van der Waals surface area contributed by atoms with Gasteiger partial charge in [0.15, 0.2) is 0 Å². The van der Waals surface area contributed by atoms with Crippen LogP contribution in [0.1, 0.15) is 5.69 Å². The minimum absolute atomic E-state index is 0.0759. The van der Waals surface area contributed by atoms with Crippen molar-refractivity contribution in [2.45, 2.75) is 6.54 Å². The zero-order valence-electron chi connectivity index (χ0n) is 11.5. The second-order valence-electron chi connectivity index (χ2n) is 4.80. The number of thiazole rings is 1. The number of pyridine rings is 1. The zero-order chi connectivity index (χ0) is 16.0. The second-order valence-corrected chi connectivity index (χ2v) is 6.10. The predicted molar refractivity (Wildman–Crippen MR) is 87.3 cm³/mol. The summed E-state index contributed by atoms with van der Waals surface area (Å²) in [7, 11) is 0.